The topological polar surface area (TPSA) is 99.0 Å². The highest BCUT2D eigenvalue weighted by atomic mass is 19.2. The molecular weight excluding hydrogens is 467 g/mol. The van der Waals surface area contributed by atoms with Crippen molar-refractivity contribution in [3.05, 3.63) is 64.0 Å². The molecule has 1 N–H and O–H groups in total. The largest absolute Gasteiger partial charge is 0.362 e. The van der Waals surface area contributed by atoms with E-state index in [1.165, 1.54) is 6.07 Å². The smallest absolute Gasteiger partial charge is 0.292 e. The maximum atomic E-state index is 13.8. The minimum atomic E-state index is -1.68. The molecule has 1 saturated heterocycles. The average molecular weight is 493 g/mol. The molecule has 1 aliphatic heterocycles. The molecule has 12 heteroatoms. The third kappa shape index (κ3) is 6.47. The molecule has 2 aromatic carbocycles. The molecule has 0 atom stereocenters. The van der Waals surface area contributed by atoms with Gasteiger partial charge in [0, 0.05) is 32.2 Å². The summed E-state index contributed by atoms with van der Waals surface area (Å²) in [5, 5.41) is 13.5. The van der Waals surface area contributed by atoms with Crippen molar-refractivity contribution in [2.24, 2.45) is 0 Å². The summed E-state index contributed by atoms with van der Waals surface area (Å²) in [7, 11) is 0. The molecular formula is C23H26F3N5O4. The number of benzene rings is 2. The molecule has 1 aliphatic rings. The zero-order chi connectivity index (χ0) is 25.5. The lowest BCUT2D eigenvalue weighted by atomic mass is 10.2. The van der Waals surface area contributed by atoms with Crippen LogP contribution in [0.15, 0.2) is 36.4 Å². The summed E-state index contributed by atoms with van der Waals surface area (Å²) in [4.78, 5) is 41.1. The van der Waals surface area contributed by atoms with Crippen LogP contribution >= 0.6 is 0 Å². The predicted octanol–water partition coefficient (Wildman–Crippen LogP) is 3.01. The average Bonchev–Trinajstić information content (AvgIpc) is 2.84. The standard InChI is InChI=1S/C23H26F3N5O4/c1-2-9-28(14-20(32)27-17-8-7-16(24)22(25)23(17)26)15-21(33)30-12-10-29(11-13-30)18-5-3-4-6-19(18)31(34)35/h3-8H,2,9-15H2,1H3,(H,27,32). The number of nitrogens with zero attached hydrogens (tertiary/aromatic N) is 4. The van der Waals surface area contributed by atoms with Gasteiger partial charge in [0.1, 0.15) is 5.69 Å². The van der Waals surface area contributed by atoms with E-state index in [1.807, 2.05) is 11.8 Å². The Morgan fingerprint density at radius 1 is 1.03 bits per heavy atom. The molecule has 1 heterocycles. The second kappa shape index (κ2) is 11.6. The normalized spacial score (nSPS) is 13.7. The van der Waals surface area contributed by atoms with Crippen molar-refractivity contribution < 1.29 is 27.7 Å². The van der Waals surface area contributed by atoms with Gasteiger partial charge in [-0.1, -0.05) is 19.1 Å². The molecule has 3 rings (SSSR count). The van der Waals surface area contributed by atoms with Crippen LogP contribution in [0.4, 0.5) is 30.2 Å². The van der Waals surface area contributed by atoms with Crippen molar-refractivity contribution in [1.82, 2.24) is 9.80 Å². The number of hydrogen-bond donors (Lipinski definition) is 1. The molecule has 0 bridgehead atoms. The van der Waals surface area contributed by atoms with Crippen molar-refractivity contribution in [2.75, 3.05) is 56.0 Å². The van der Waals surface area contributed by atoms with E-state index in [-0.39, 0.29) is 24.7 Å². The monoisotopic (exact) mass is 493 g/mol. The molecule has 0 aliphatic carbocycles. The zero-order valence-corrected chi connectivity index (χ0v) is 19.2. The number of rotatable bonds is 9. The van der Waals surface area contributed by atoms with Crippen LogP contribution in [0.3, 0.4) is 0 Å². The lowest BCUT2D eigenvalue weighted by Crippen LogP contribution is -2.52. The lowest BCUT2D eigenvalue weighted by molar-refractivity contribution is -0.384. The van der Waals surface area contributed by atoms with Crippen molar-refractivity contribution in [3.8, 4) is 0 Å². The minimum absolute atomic E-state index is 0.00452. The first-order chi connectivity index (χ1) is 16.7. The van der Waals surface area contributed by atoms with Crippen LogP contribution in [-0.2, 0) is 9.59 Å². The molecule has 2 amide bonds. The maximum Gasteiger partial charge on any atom is 0.292 e. The van der Waals surface area contributed by atoms with E-state index in [9.17, 15) is 32.9 Å². The summed E-state index contributed by atoms with van der Waals surface area (Å²) < 4.78 is 40.3. The number of carbonyl (C=O) groups is 2. The first kappa shape index (κ1) is 25.9. The number of para-hydroxylation sites is 2. The molecule has 0 aromatic heterocycles. The Labute approximate surface area is 200 Å². The summed E-state index contributed by atoms with van der Waals surface area (Å²) in [6, 6.07) is 8.07. The summed E-state index contributed by atoms with van der Waals surface area (Å²) in [5.41, 5.74) is 0.0195. The van der Waals surface area contributed by atoms with Gasteiger partial charge in [-0.15, -0.1) is 0 Å². The summed E-state index contributed by atoms with van der Waals surface area (Å²) in [6.07, 6.45) is 0.644. The van der Waals surface area contributed by atoms with Crippen molar-refractivity contribution in [1.29, 1.82) is 0 Å². The maximum absolute atomic E-state index is 13.8. The third-order valence-corrected chi connectivity index (χ3v) is 5.63. The van der Waals surface area contributed by atoms with Gasteiger partial charge in [0.2, 0.25) is 11.8 Å². The van der Waals surface area contributed by atoms with Crippen LogP contribution in [0.25, 0.3) is 0 Å². The molecule has 0 unspecified atom stereocenters. The molecule has 1 fully saturated rings. The first-order valence-electron chi connectivity index (χ1n) is 11.1. The van der Waals surface area contributed by atoms with Gasteiger partial charge in [-0.05, 0) is 31.2 Å². The van der Waals surface area contributed by atoms with E-state index >= 15 is 0 Å². The van der Waals surface area contributed by atoms with Crippen molar-refractivity contribution in [2.45, 2.75) is 13.3 Å². The SMILES string of the molecule is CCCN(CC(=O)Nc1ccc(F)c(F)c1F)CC(=O)N1CCN(c2ccccc2[N+](=O)[O-])CC1. The third-order valence-electron chi connectivity index (χ3n) is 5.63. The Bertz CT molecular complexity index is 1090. The van der Waals surface area contributed by atoms with E-state index in [0.29, 0.717) is 50.9 Å². The summed E-state index contributed by atoms with van der Waals surface area (Å²) in [6.45, 7) is 3.53. The van der Waals surface area contributed by atoms with Gasteiger partial charge in [0.25, 0.3) is 5.69 Å². The molecule has 0 spiro atoms. The molecule has 0 radical (unpaired) electrons. The van der Waals surface area contributed by atoms with E-state index in [1.54, 1.807) is 28.0 Å². The molecule has 9 nitrogen and oxygen atoms in total. The predicted molar refractivity (Wildman–Crippen MR) is 124 cm³/mol. The number of amides is 2. The van der Waals surface area contributed by atoms with Gasteiger partial charge in [-0.2, -0.15) is 0 Å². The Morgan fingerprint density at radius 3 is 2.37 bits per heavy atom. The van der Waals surface area contributed by atoms with Crippen LogP contribution in [-0.4, -0.2) is 72.4 Å². The second-order valence-electron chi connectivity index (χ2n) is 8.10. The Kier molecular flexibility index (Phi) is 8.63. The number of piperazine rings is 1. The van der Waals surface area contributed by atoms with E-state index in [4.69, 9.17) is 0 Å². The number of hydrogen-bond acceptors (Lipinski definition) is 6. The number of carbonyl (C=O) groups excluding carboxylic acids is 2. The van der Waals surface area contributed by atoms with E-state index in [0.717, 1.165) is 6.07 Å². The van der Waals surface area contributed by atoms with E-state index in [2.05, 4.69) is 5.32 Å². The first-order valence-corrected chi connectivity index (χ1v) is 11.1. The highest BCUT2D eigenvalue weighted by Crippen LogP contribution is 2.28. The van der Waals surface area contributed by atoms with Crippen molar-refractivity contribution >= 4 is 28.9 Å². The number of halogens is 3. The van der Waals surface area contributed by atoms with Gasteiger partial charge in [-0.25, -0.2) is 13.2 Å². The number of nitrogens with one attached hydrogen (secondary N) is 1. The highest BCUT2D eigenvalue weighted by Gasteiger charge is 2.27. The molecule has 0 saturated carbocycles. The highest BCUT2D eigenvalue weighted by molar-refractivity contribution is 5.92. The van der Waals surface area contributed by atoms with Crippen molar-refractivity contribution in [3.63, 3.8) is 0 Å². The van der Waals surface area contributed by atoms with E-state index < -0.39 is 34.0 Å². The van der Waals surface area contributed by atoms with Crippen LogP contribution in [0.2, 0.25) is 0 Å². The van der Waals surface area contributed by atoms with Gasteiger partial charge in [0.05, 0.1) is 23.7 Å². The Morgan fingerprint density at radius 2 is 1.71 bits per heavy atom. The van der Waals surface area contributed by atoms with Crippen LogP contribution in [0.1, 0.15) is 13.3 Å². The van der Waals surface area contributed by atoms with Crippen LogP contribution in [0, 0.1) is 27.6 Å². The zero-order valence-electron chi connectivity index (χ0n) is 19.2. The number of nitro groups is 1. The fourth-order valence-corrected chi connectivity index (χ4v) is 3.92. The van der Waals surface area contributed by atoms with Gasteiger partial charge < -0.3 is 15.1 Å². The van der Waals surface area contributed by atoms with Crippen LogP contribution < -0.4 is 10.2 Å². The van der Waals surface area contributed by atoms with Crippen LogP contribution in [0.5, 0.6) is 0 Å². The van der Waals surface area contributed by atoms with Gasteiger partial charge in [0.15, 0.2) is 17.5 Å². The number of nitro benzene ring substituents is 1. The van der Waals surface area contributed by atoms with Gasteiger partial charge in [-0.3, -0.25) is 24.6 Å². The summed E-state index contributed by atoms with van der Waals surface area (Å²) >= 11 is 0. The Hall–Kier alpha value is -3.67. The molecule has 35 heavy (non-hydrogen) atoms. The quantitative estimate of drug-likeness (QED) is 0.328. The van der Waals surface area contributed by atoms with Gasteiger partial charge >= 0.3 is 0 Å². The molecule has 188 valence electrons. The fraction of sp³-hybridized carbons (Fsp3) is 0.391. The minimum Gasteiger partial charge on any atom is -0.362 e. The number of anilines is 2. The molecule has 2 aromatic rings. The fourth-order valence-electron chi connectivity index (χ4n) is 3.92. The lowest BCUT2D eigenvalue weighted by Gasteiger charge is -2.36. The Balaban J connectivity index is 1.56. The second-order valence-corrected chi connectivity index (χ2v) is 8.10. The summed E-state index contributed by atoms with van der Waals surface area (Å²) in [5.74, 6) is -5.41.